The van der Waals surface area contributed by atoms with Crippen LogP contribution >= 0.6 is 0 Å². The van der Waals surface area contributed by atoms with Crippen molar-refractivity contribution >= 4 is 11.5 Å². The van der Waals surface area contributed by atoms with Crippen molar-refractivity contribution in [3.05, 3.63) is 41.1 Å². The third kappa shape index (κ3) is 2.55. The minimum Gasteiger partial charge on any atom is -0.366 e. The lowest BCUT2D eigenvalue weighted by molar-refractivity contribution is -0.384. The first-order valence-corrected chi connectivity index (χ1v) is 3.69. The van der Waals surface area contributed by atoms with Crippen molar-refractivity contribution in [3.8, 4) is 0 Å². The van der Waals surface area contributed by atoms with Crippen molar-refractivity contribution in [2.75, 3.05) is 11.9 Å². The Hall–Kier alpha value is -1.91. The average Bonchev–Trinajstić information content (AvgIpc) is 2.15. The molecule has 0 saturated heterocycles. The normalized spacial score (nSPS) is 9.23. The molecule has 1 N–H and O–H groups in total. The molecule has 1 heterocycles. The first-order valence-electron chi connectivity index (χ1n) is 3.69. The van der Waals surface area contributed by atoms with E-state index in [1.165, 1.54) is 18.3 Å². The highest BCUT2D eigenvalue weighted by molar-refractivity contribution is 5.44. The molecular formula is C8H9N3O2. The van der Waals surface area contributed by atoms with E-state index in [0.717, 1.165) is 0 Å². The van der Waals surface area contributed by atoms with Gasteiger partial charge in [-0.1, -0.05) is 6.08 Å². The average molecular weight is 179 g/mol. The molecule has 5 heteroatoms. The zero-order valence-corrected chi connectivity index (χ0v) is 6.93. The lowest BCUT2D eigenvalue weighted by atomic mass is 10.4. The predicted octanol–water partition coefficient (Wildman–Crippen LogP) is 1.59. The van der Waals surface area contributed by atoms with Crippen LogP contribution in [0.4, 0.5) is 11.5 Å². The second-order valence-corrected chi connectivity index (χ2v) is 2.33. The van der Waals surface area contributed by atoms with Gasteiger partial charge in [0.25, 0.3) is 5.69 Å². The quantitative estimate of drug-likeness (QED) is 0.433. The van der Waals surface area contributed by atoms with E-state index in [1.807, 2.05) is 0 Å². The summed E-state index contributed by atoms with van der Waals surface area (Å²) in [5.41, 5.74) is 0.0292. The Labute approximate surface area is 75.3 Å². The molecule has 0 radical (unpaired) electrons. The number of hydrogen-bond donors (Lipinski definition) is 1. The van der Waals surface area contributed by atoms with E-state index in [1.54, 1.807) is 6.08 Å². The maximum Gasteiger partial charge on any atom is 0.274 e. The van der Waals surface area contributed by atoms with Crippen LogP contribution in [0, 0.1) is 10.1 Å². The monoisotopic (exact) mass is 179 g/mol. The third-order valence-electron chi connectivity index (χ3n) is 1.38. The molecule has 1 aromatic rings. The second kappa shape index (κ2) is 4.20. The van der Waals surface area contributed by atoms with Crippen molar-refractivity contribution < 1.29 is 4.92 Å². The smallest absolute Gasteiger partial charge is 0.274 e. The Kier molecular flexibility index (Phi) is 2.97. The molecule has 0 aliphatic heterocycles. The van der Waals surface area contributed by atoms with Crippen LogP contribution in [0.5, 0.6) is 0 Å². The fraction of sp³-hybridized carbons (Fsp3) is 0.125. The molecule has 0 amide bonds. The summed E-state index contributed by atoms with van der Waals surface area (Å²) in [6.45, 7) is 4.05. The number of aromatic nitrogens is 1. The van der Waals surface area contributed by atoms with Crippen molar-refractivity contribution in [1.82, 2.24) is 4.98 Å². The molecule has 0 spiro atoms. The fourth-order valence-corrected chi connectivity index (χ4v) is 0.806. The zero-order valence-electron chi connectivity index (χ0n) is 6.93. The molecule has 0 unspecified atom stereocenters. The first kappa shape index (κ1) is 9.18. The minimum absolute atomic E-state index is 0.0292. The molecule has 0 atom stereocenters. The van der Waals surface area contributed by atoms with Gasteiger partial charge in [0.1, 0.15) is 5.82 Å². The van der Waals surface area contributed by atoms with Gasteiger partial charge in [0.15, 0.2) is 0 Å². The standard InChI is InChI=1S/C8H9N3O2/c1-2-4-9-8-6-7(11(12)13)3-5-10-8/h2-3,5-6H,1,4H2,(H,9,10). The molecular weight excluding hydrogens is 170 g/mol. The Morgan fingerprint density at radius 3 is 3.15 bits per heavy atom. The van der Waals surface area contributed by atoms with E-state index in [0.29, 0.717) is 12.4 Å². The van der Waals surface area contributed by atoms with E-state index >= 15 is 0 Å². The van der Waals surface area contributed by atoms with Gasteiger partial charge in [-0.15, -0.1) is 6.58 Å². The van der Waals surface area contributed by atoms with Crippen LogP contribution in [0.25, 0.3) is 0 Å². The number of hydrogen-bond acceptors (Lipinski definition) is 4. The SMILES string of the molecule is C=CCNc1cc([N+](=O)[O-])ccn1. The number of rotatable bonds is 4. The lowest BCUT2D eigenvalue weighted by Gasteiger charge is -2.00. The molecule has 1 aromatic heterocycles. The maximum absolute atomic E-state index is 10.4. The molecule has 68 valence electrons. The summed E-state index contributed by atoms with van der Waals surface area (Å²) in [7, 11) is 0. The first-order chi connectivity index (χ1) is 6.24. The lowest BCUT2D eigenvalue weighted by Crippen LogP contribution is -2.00. The Bertz CT molecular complexity index is 325. The summed E-state index contributed by atoms with van der Waals surface area (Å²) in [6.07, 6.45) is 3.05. The number of nitrogens with zero attached hydrogens (tertiary/aromatic N) is 2. The molecule has 0 saturated carbocycles. The molecule has 0 aromatic carbocycles. The summed E-state index contributed by atoms with van der Waals surface area (Å²) < 4.78 is 0. The van der Waals surface area contributed by atoms with Crippen LogP contribution in [-0.4, -0.2) is 16.5 Å². The molecule has 0 bridgehead atoms. The topological polar surface area (TPSA) is 68.1 Å². The summed E-state index contributed by atoms with van der Waals surface area (Å²) in [4.78, 5) is 13.8. The fourth-order valence-electron chi connectivity index (χ4n) is 0.806. The van der Waals surface area contributed by atoms with Crippen LogP contribution < -0.4 is 5.32 Å². The summed E-state index contributed by atoms with van der Waals surface area (Å²) in [5, 5.41) is 13.2. The van der Waals surface area contributed by atoms with Crippen LogP contribution in [0.1, 0.15) is 0 Å². The van der Waals surface area contributed by atoms with Crippen LogP contribution in [0.2, 0.25) is 0 Å². The van der Waals surface area contributed by atoms with Crippen molar-refractivity contribution in [1.29, 1.82) is 0 Å². The Morgan fingerprint density at radius 2 is 2.54 bits per heavy atom. The molecule has 1 rings (SSSR count). The summed E-state index contributed by atoms with van der Waals surface area (Å²) in [6, 6.07) is 2.72. The van der Waals surface area contributed by atoms with Gasteiger partial charge in [-0.05, 0) is 0 Å². The second-order valence-electron chi connectivity index (χ2n) is 2.33. The third-order valence-corrected chi connectivity index (χ3v) is 1.38. The predicted molar refractivity (Wildman–Crippen MR) is 49.6 cm³/mol. The van der Waals surface area contributed by atoms with Gasteiger partial charge in [0, 0.05) is 18.8 Å². The van der Waals surface area contributed by atoms with Gasteiger partial charge in [-0.2, -0.15) is 0 Å². The van der Waals surface area contributed by atoms with Gasteiger partial charge in [0.2, 0.25) is 0 Å². The molecule has 13 heavy (non-hydrogen) atoms. The Balaban J connectivity index is 2.79. The highest BCUT2D eigenvalue weighted by atomic mass is 16.6. The van der Waals surface area contributed by atoms with Crippen LogP contribution in [0.15, 0.2) is 31.0 Å². The molecule has 0 aliphatic carbocycles. The van der Waals surface area contributed by atoms with E-state index in [2.05, 4.69) is 16.9 Å². The highest BCUT2D eigenvalue weighted by Gasteiger charge is 2.05. The van der Waals surface area contributed by atoms with E-state index in [-0.39, 0.29) is 5.69 Å². The van der Waals surface area contributed by atoms with Gasteiger partial charge in [-0.3, -0.25) is 10.1 Å². The van der Waals surface area contributed by atoms with E-state index in [4.69, 9.17) is 0 Å². The Morgan fingerprint density at radius 1 is 1.77 bits per heavy atom. The van der Waals surface area contributed by atoms with E-state index < -0.39 is 4.92 Å². The molecule has 5 nitrogen and oxygen atoms in total. The largest absolute Gasteiger partial charge is 0.366 e. The number of anilines is 1. The van der Waals surface area contributed by atoms with E-state index in [9.17, 15) is 10.1 Å². The van der Waals surface area contributed by atoms with Crippen LogP contribution in [-0.2, 0) is 0 Å². The number of nitrogens with one attached hydrogen (secondary N) is 1. The van der Waals surface area contributed by atoms with Crippen LogP contribution in [0.3, 0.4) is 0 Å². The number of pyridine rings is 1. The van der Waals surface area contributed by atoms with Crippen molar-refractivity contribution in [2.24, 2.45) is 0 Å². The summed E-state index contributed by atoms with van der Waals surface area (Å²) >= 11 is 0. The summed E-state index contributed by atoms with van der Waals surface area (Å²) in [5.74, 6) is 0.481. The van der Waals surface area contributed by atoms with Gasteiger partial charge >= 0.3 is 0 Å². The maximum atomic E-state index is 10.4. The van der Waals surface area contributed by atoms with Crippen molar-refractivity contribution in [2.45, 2.75) is 0 Å². The van der Waals surface area contributed by atoms with Gasteiger partial charge in [-0.25, -0.2) is 4.98 Å². The zero-order chi connectivity index (χ0) is 9.68. The molecule has 0 fully saturated rings. The molecule has 0 aliphatic rings. The highest BCUT2D eigenvalue weighted by Crippen LogP contribution is 2.13. The van der Waals surface area contributed by atoms with Gasteiger partial charge in [0.05, 0.1) is 11.0 Å². The van der Waals surface area contributed by atoms with Gasteiger partial charge < -0.3 is 5.32 Å². The number of nitro groups is 1. The minimum atomic E-state index is -0.458. The van der Waals surface area contributed by atoms with Crippen molar-refractivity contribution in [3.63, 3.8) is 0 Å².